The molecule has 0 N–H and O–H groups in total. The van der Waals surface area contributed by atoms with Crippen molar-refractivity contribution in [2.24, 2.45) is 0 Å². The molecule has 1 rings (SSSR count). The lowest BCUT2D eigenvalue weighted by molar-refractivity contribution is 0.106. The molecule has 0 bridgehead atoms. The Morgan fingerprint density at radius 3 is 2.67 bits per heavy atom. The molecule has 1 aromatic rings. The van der Waals surface area contributed by atoms with Gasteiger partial charge in [-0.1, -0.05) is 0 Å². The van der Waals surface area contributed by atoms with Crippen molar-refractivity contribution in [3.8, 4) is 6.07 Å². The molecule has 0 radical (unpaired) electrons. The maximum absolute atomic E-state index is 12.5. The van der Waals surface area contributed by atoms with Crippen molar-refractivity contribution in [1.29, 1.82) is 5.26 Å². The summed E-state index contributed by atoms with van der Waals surface area (Å²) in [5, 5.41) is 7.51. The fourth-order valence-electron chi connectivity index (χ4n) is 0.956. The molecule has 0 atom stereocenters. The van der Waals surface area contributed by atoms with Crippen molar-refractivity contribution in [3.63, 3.8) is 0 Å². The smallest absolute Gasteiger partial charge is 0.264 e. The van der Waals surface area contributed by atoms with Crippen LogP contribution in [0.25, 0.3) is 0 Å². The first-order chi connectivity index (χ1) is 6.97. The Labute approximate surface area is 102 Å². The van der Waals surface area contributed by atoms with E-state index in [1.165, 1.54) is 0 Å². The number of alkyl halides is 2. The van der Waals surface area contributed by atoms with Crippen molar-refractivity contribution in [2.75, 3.05) is 0 Å². The predicted molar refractivity (Wildman–Crippen MR) is 56.8 cm³/mol. The average Bonchev–Trinajstić information content (AvgIpc) is 2.15. The average molecular weight is 342 g/mol. The Morgan fingerprint density at radius 1 is 1.67 bits per heavy atom. The third-order valence-corrected chi connectivity index (χ3v) is 2.52. The molecule has 0 saturated heterocycles. The summed E-state index contributed by atoms with van der Waals surface area (Å²) in [6.07, 6.45) is -2.87. The molecule has 0 aliphatic rings. The third-order valence-electron chi connectivity index (χ3n) is 1.55. The van der Waals surface area contributed by atoms with Crippen LogP contribution >= 0.6 is 34.2 Å². The molecule has 3 nitrogen and oxygen atoms in total. The molecular formula is C8H2ClF2IN2O. The van der Waals surface area contributed by atoms with E-state index in [0.717, 1.165) is 6.07 Å². The molecule has 0 amide bonds. The number of rotatable bonds is 2. The number of hydrogen-bond donors (Lipinski definition) is 0. The molecule has 1 aromatic heterocycles. The first-order valence-corrected chi connectivity index (χ1v) is 5.01. The minimum Gasteiger partial charge on any atom is -0.275 e. The summed E-state index contributed by atoms with van der Waals surface area (Å²) >= 11 is 6.74. The van der Waals surface area contributed by atoms with Crippen LogP contribution in [-0.2, 0) is 0 Å². The quantitative estimate of drug-likeness (QED) is 0.472. The summed E-state index contributed by atoms with van der Waals surface area (Å²) in [6, 6.07) is 2.49. The molecule has 0 aliphatic heterocycles. The summed E-state index contributed by atoms with van der Waals surface area (Å²) in [5.41, 5.74) is -1.08. The zero-order valence-electron chi connectivity index (χ0n) is 6.97. The lowest BCUT2D eigenvalue weighted by atomic mass is 10.1. The van der Waals surface area contributed by atoms with Crippen LogP contribution in [0.5, 0.6) is 0 Å². The highest BCUT2D eigenvalue weighted by molar-refractivity contribution is 14.1. The zero-order valence-corrected chi connectivity index (χ0v) is 9.88. The molecule has 0 unspecified atom stereocenters. The van der Waals surface area contributed by atoms with Crippen LogP contribution in [0.15, 0.2) is 6.07 Å². The van der Waals surface area contributed by atoms with Crippen LogP contribution in [0, 0.1) is 15.0 Å². The van der Waals surface area contributed by atoms with E-state index in [9.17, 15) is 13.6 Å². The van der Waals surface area contributed by atoms with Crippen molar-refractivity contribution >= 4 is 39.4 Å². The van der Waals surface area contributed by atoms with Gasteiger partial charge in [0.05, 0.1) is 5.56 Å². The van der Waals surface area contributed by atoms with Crippen LogP contribution in [0.3, 0.4) is 0 Å². The first kappa shape index (κ1) is 12.3. The van der Waals surface area contributed by atoms with Gasteiger partial charge in [0.2, 0.25) is 0 Å². The van der Waals surface area contributed by atoms with Crippen molar-refractivity contribution in [1.82, 2.24) is 4.98 Å². The zero-order chi connectivity index (χ0) is 11.6. The number of nitrogens with zero attached hydrogens (tertiary/aromatic N) is 2. The van der Waals surface area contributed by atoms with Gasteiger partial charge in [0, 0.05) is 5.56 Å². The van der Waals surface area contributed by atoms with Gasteiger partial charge >= 0.3 is 0 Å². The van der Waals surface area contributed by atoms with E-state index < -0.39 is 17.2 Å². The van der Waals surface area contributed by atoms with Gasteiger partial charge < -0.3 is 0 Å². The number of nitriles is 1. The van der Waals surface area contributed by atoms with Crippen molar-refractivity contribution in [2.45, 2.75) is 6.43 Å². The highest BCUT2D eigenvalue weighted by Crippen LogP contribution is 2.27. The van der Waals surface area contributed by atoms with E-state index >= 15 is 0 Å². The van der Waals surface area contributed by atoms with Gasteiger partial charge in [-0.2, -0.15) is 5.26 Å². The third kappa shape index (κ3) is 2.60. The van der Waals surface area contributed by atoms with Gasteiger partial charge in [-0.25, -0.2) is 13.8 Å². The fraction of sp³-hybridized carbons (Fsp3) is 0.125. The largest absolute Gasteiger partial charge is 0.275 e. The number of aromatic nitrogens is 1. The number of carbonyl (C=O) groups excluding carboxylic acids is 1. The van der Waals surface area contributed by atoms with Gasteiger partial charge in [-0.3, -0.25) is 4.79 Å². The first-order valence-electron chi connectivity index (χ1n) is 3.56. The number of halogens is 4. The van der Waals surface area contributed by atoms with E-state index in [1.807, 2.05) is 0 Å². The summed E-state index contributed by atoms with van der Waals surface area (Å²) < 4.78 is 25.1. The molecule has 0 aliphatic carbocycles. The Hall–Kier alpha value is -0.810. The van der Waals surface area contributed by atoms with Crippen LogP contribution < -0.4 is 0 Å². The van der Waals surface area contributed by atoms with Crippen LogP contribution in [0.2, 0.25) is 0 Å². The minimum atomic E-state index is -2.87. The van der Waals surface area contributed by atoms with Crippen molar-refractivity contribution in [3.05, 3.63) is 26.6 Å². The second-order valence-electron chi connectivity index (χ2n) is 2.45. The summed E-state index contributed by atoms with van der Waals surface area (Å²) in [5.74, 6) is 0. The van der Waals surface area contributed by atoms with Gasteiger partial charge in [0.1, 0.15) is 15.5 Å². The standard InChI is InChI=1S/C8H2ClF2IN2O/c9-6(15)5-4(7(10)11)1-3(2-13)14-8(5)12/h1,7H. The highest BCUT2D eigenvalue weighted by Gasteiger charge is 2.22. The summed E-state index contributed by atoms with van der Waals surface area (Å²) in [7, 11) is 0. The monoisotopic (exact) mass is 342 g/mol. The van der Waals surface area contributed by atoms with Gasteiger partial charge in [-0.05, 0) is 40.3 Å². The van der Waals surface area contributed by atoms with E-state index in [2.05, 4.69) is 4.98 Å². The summed E-state index contributed by atoms with van der Waals surface area (Å²) in [4.78, 5) is 14.5. The lowest BCUT2D eigenvalue weighted by Crippen LogP contribution is -2.05. The molecule has 15 heavy (non-hydrogen) atoms. The summed E-state index contributed by atoms with van der Waals surface area (Å²) in [6.45, 7) is 0. The Morgan fingerprint density at radius 2 is 2.27 bits per heavy atom. The van der Waals surface area contributed by atoms with E-state index in [-0.39, 0.29) is 15.0 Å². The maximum atomic E-state index is 12.5. The van der Waals surface area contributed by atoms with Crippen LogP contribution in [0.4, 0.5) is 8.78 Å². The fourth-order valence-corrected chi connectivity index (χ4v) is 2.13. The van der Waals surface area contributed by atoms with Crippen LogP contribution in [-0.4, -0.2) is 10.2 Å². The Balaban J connectivity index is 3.51. The van der Waals surface area contributed by atoms with E-state index in [0.29, 0.717) is 0 Å². The van der Waals surface area contributed by atoms with Gasteiger partial charge in [0.25, 0.3) is 11.7 Å². The number of carbonyl (C=O) groups is 1. The van der Waals surface area contributed by atoms with Gasteiger partial charge in [0.15, 0.2) is 0 Å². The SMILES string of the molecule is N#Cc1cc(C(F)F)c(C(=O)Cl)c(I)n1. The second-order valence-corrected chi connectivity index (χ2v) is 3.81. The minimum absolute atomic E-state index is 0.00181. The second kappa shape index (κ2) is 4.81. The van der Waals surface area contributed by atoms with E-state index in [4.69, 9.17) is 16.9 Å². The van der Waals surface area contributed by atoms with Crippen molar-refractivity contribution < 1.29 is 13.6 Å². The molecule has 0 saturated carbocycles. The topological polar surface area (TPSA) is 53.8 Å². The predicted octanol–water partition coefficient (Wildman–Crippen LogP) is 2.87. The molecule has 78 valence electrons. The normalized spacial score (nSPS) is 10.1. The number of hydrogen-bond acceptors (Lipinski definition) is 3. The molecular weight excluding hydrogens is 340 g/mol. The molecule has 1 heterocycles. The molecule has 0 aromatic carbocycles. The maximum Gasteiger partial charge on any atom is 0.264 e. The molecule has 7 heteroatoms. The Bertz CT molecular complexity index is 459. The number of pyridine rings is 1. The van der Waals surface area contributed by atoms with E-state index in [1.54, 1.807) is 28.7 Å². The molecule has 0 fully saturated rings. The van der Waals surface area contributed by atoms with Crippen LogP contribution in [0.1, 0.15) is 28.0 Å². The van der Waals surface area contributed by atoms with Gasteiger partial charge in [-0.15, -0.1) is 0 Å². The molecule has 0 spiro atoms. The highest BCUT2D eigenvalue weighted by atomic mass is 127. The lowest BCUT2D eigenvalue weighted by Gasteiger charge is -2.06. The Kier molecular flexibility index (Phi) is 3.93.